The Morgan fingerprint density at radius 1 is 1.08 bits per heavy atom. The van der Waals surface area contributed by atoms with E-state index in [4.69, 9.17) is 0 Å². The number of hydrogen-bond acceptors (Lipinski definition) is 0. The van der Waals surface area contributed by atoms with Crippen LogP contribution in [0.2, 0.25) is 0 Å². The van der Waals surface area contributed by atoms with E-state index in [2.05, 4.69) is 36.4 Å². The van der Waals surface area contributed by atoms with Gasteiger partial charge in [-0.2, -0.15) is 0 Å². The molecular weight excluding hydrogens is 271 g/mol. The molecule has 0 nitrogen and oxygen atoms in total. The molecule has 0 heterocycles. The molecule has 4 bridgehead atoms. The van der Waals surface area contributed by atoms with Gasteiger partial charge >= 0.3 is 0 Å². The summed E-state index contributed by atoms with van der Waals surface area (Å²) < 4.78 is 1.00. The van der Waals surface area contributed by atoms with E-state index in [1.807, 2.05) is 0 Å². The standard InChI is InChI=1S/C12H19I/c1-12(2)9-4-7-3-8(6-9)11(13)10(12)5-7/h7-11H,3-6H2,1-2H3. The minimum absolute atomic E-state index is 0.666. The normalized spacial score (nSPS) is 57.0. The zero-order chi connectivity index (χ0) is 9.22. The maximum atomic E-state index is 2.75. The van der Waals surface area contributed by atoms with Gasteiger partial charge in [-0.1, -0.05) is 36.4 Å². The minimum atomic E-state index is 0.666. The first kappa shape index (κ1) is 8.99. The molecule has 5 unspecified atom stereocenters. The highest BCUT2D eigenvalue weighted by atomic mass is 127. The van der Waals surface area contributed by atoms with Gasteiger partial charge in [0, 0.05) is 3.92 Å². The Morgan fingerprint density at radius 2 is 1.85 bits per heavy atom. The topological polar surface area (TPSA) is 0 Å². The van der Waals surface area contributed by atoms with E-state index in [-0.39, 0.29) is 0 Å². The highest BCUT2D eigenvalue weighted by Gasteiger charge is 2.56. The van der Waals surface area contributed by atoms with E-state index in [0.717, 1.165) is 27.6 Å². The molecule has 5 atom stereocenters. The summed E-state index contributed by atoms with van der Waals surface area (Å²) in [5.74, 6) is 4.33. The van der Waals surface area contributed by atoms with Gasteiger partial charge in [-0.15, -0.1) is 0 Å². The van der Waals surface area contributed by atoms with E-state index in [1.165, 1.54) is 0 Å². The van der Waals surface area contributed by atoms with Crippen molar-refractivity contribution in [2.45, 2.75) is 43.5 Å². The van der Waals surface area contributed by atoms with E-state index in [0.29, 0.717) is 5.41 Å². The molecule has 0 amide bonds. The van der Waals surface area contributed by atoms with E-state index in [1.54, 1.807) is 25.7 Å². The van der Waals surface area contributed by atoms with Crippen molar-refractivity contribution < 1.29 is 0 Å². The fraction of sp³-hybridized carbons (Fsp3) is 1.00. The number of rotatable bonds is 0. The smallest absolute Gasteiger partial charge is 0.0172 e. The molecule has 0 radical (unpaired) electrons. The first-order chi connectivity index (χ1) is 6.09. The van der Waals surface area contributed by atoms with Crippen molar-refractivity contribution in [2.75, 3.05) is 0 Å². The monoisotopic (exact) mass is 290 g/mol. The van der Waals surface area contributed by atoms with Crippen molar-refractivity contribution in [3.8, 4) is 0 Å². The van der Waals surface area contributed by atoms with Crippen molar-refractivity contribution in [1.82, 2.24) is 0 Å². The first-order valence-electron chi connectivity index (χ1n) is 5.73. The van der Waals surface area contributed by atoms with Crippen LogP contribution in [-0.4, -0.2) is 3.92 Å². The van der Waals surface area contributed by atoms with Gasteiger partial charge in [0.15, 0.2) is 0 Å². The Morgan fingerprint density at radius 3 is 2.62 bits per heavy atom. The lowest BCUT2D eigenvalue weighted by Gasteiger charge is -2.61. The average Bonchev–Trinajstić information content (AvgIpc) is 2.08. The van der Waals surface area contributed by atoms with Crippen LogP contribution in [0.1, 0.15) is 39.5 Å². The predicted molar refractivity (Wildman–Crippen MR) is 64.0 cm³/mol. The van der Waals surface area contributed by atoms with Crippen molar-refractivity contribution in [1.29, 1.82) is 0 Å². The zero-order valence-electron chi connectivity index (χ0n) is 8.59. The molecule has 0 N–H and O–H groups in total. The van der Waals surface area contributed by atoms with Crippen LogP contribution in [-0.2, 0) is 0 Å². The largest absolute Gasteiger partial charge is 0.0820 e. The van der Waals surface area contributed by atoms with Gasteiger partial charge < -0.3 is 0 Å². The minimum Gasteiger partial charge on any atom is -0.0820 e. The fourth-order valence-electron chi connectivity index (χ4n) is 4.38. The van der Waals surface area contributed by atoms with Crippen LogP contribution in [0.15, 0.2) is 0 Å². The molecule has 4 aliphatic carbocycles. The second-order valence-corrected chi connectivity index (χ2v) is 7.58. The molecule has 1 heteroatoms. The molecule has 4 fully saturated rings. The van der Waals surface area contributed by atoms with Gasteiger partial charge in [0.05, 0.1) is 0 Å². The maximum absolute atomic E-state index is 2.75. The molecule has 4 saturated carbocycles. The lowest BCUT2D eigenvalue weighted by molar-refractivity contribution is -0.0779. The summed E-state index contributed by atoms with van der Waals surface area (Å²) in [6.45, 7) is 5.07. The third-order valence-electron chi connectivity index (χ3n) is 5.27. The summed E-state index contributed by atoms with van der Waals surface area (Å²) in [5.41, 5.74) is 0.666. The van der Waals surface area contributed by atoms with E-state index < -0.39 is 0 Å². The summed E-state index contributed by atoms with van der Waals surface area (Å²) >= 11 is 2.75. The van der Waals surface area contributed by atoms with Crippen LogP contribution in [0.5, 0.6) is 0 Å². The molecule has 74 valence electrons. The summed E-state index contributed by atoms with van der Waals surface area (Å²) in [7, 11) is 0. The van der Waals surface area contributed by atoms with Crippen LogP contribution < -0.4 is 0 Å². The Balaban J connectivity index is 1.99. The van der Waals surface area contributed by atoms with Crippen molar-refractivity contribution in [3.63, 3.8) is 0 Å². The third kappa shape index (κ3) is 1.09. The summed E-state index contributed by atoms with van der Waals surface area (Å²) in [4.78, 5) is 0. The number of alkyl halides is 1. The van der Waals surface area contributed by atoms with Crippen LogP contribution >= 0.6 is 22.6 Å². The molecule has 4 rings (SSSR count). The molecule has 0 aromatic carbocycles. The second-order valence-electron chi connectivity index (χ2n) is 6.14. The van der Waals surface area contributed by atoms with Crippen LogP contribution in [0.25, 0.3) is 0 Å². The van der Waals surface area contributed by atoms with Crippen molar-refractivity contribution in [3.05, 3.63) is 0 Å². The van der Waals surface area contributed by atoms with Gasteiger partial charge in [0.25, 0.3) is 0 Å². The lowest BCUT2D eigenvalue weighted by atomic mass is 9.46. The summed E-state index contributed by atoms with van der Waals surface area (Å²) in [6.07, 6.45) is 6.22. The second kappa shape index (κ2) is 2.65. The highest BCUT2D eigenvalue weighted by molar-refractivity contribution is 14.1. The fourth-order valence-corrected chi connectivity index (χ4v) is 6.19. The molecule has 4 aliphatic rings. The molecule has 0 aromatic heterocycles. The van der Waals surface area contributed by atoms with Crippen LogP contribution in [0.4, 0.5) is 0 Å². The SMILES string of the molecule is CC1(C)C2CC3CC(C2)C(I)C1C3. The molecule has 0 aliphatic heterocycles. The molecular formula is C12H19I. The maximum Gasteiger partial charge on any atom is 0.0172 e. The van der Waals surface area contributed by atoms with Crippen LogP contribution in [0, 0.1) is 29.1 Å². The molecule has 0 saturated heterocycles. The Bertz CT molecular complexity index is 233. The van der Waals surface area contributed by atoms with Gasteiger partial charge in [-0.3, -0.25) is 0 Å². The zero-order valence-corrected chi connectivity index (χ0v) is 10.8. The number of hydrogen-bond donors (Lipinski definition) is 0. The van der Waals surface area contributed by atoms with Gasteiger partial charge in [0.2, 0.25) is 0 Å². The van der Waals surface area contributed by atoms with Crippen molar-refractivity contribution in [2.24, 2.45) is 29.1 Å². The Kier molecular flexibility index (Phi) is 1.83. The van der Waals surface area contributed by atoms with Gasteiger partial charge in [-0.05, 0) is 54.8 Å². The number of halogens is 1. The van der Waals surface area contributed by atoms with Crippen LogP contribution in [0.3, 0.4) is 0 Å². The van der Waals surface area contributed by atoms with Gasteiger partial charge in [-0.25, -0.2) is 0 Å². The predicted octanol–water partition coefficient (Wildman–Crippen LogP) is 3.88. The summed E-state index contributed by atoms with van der Waals surface area (Å²) in [6, 6.07) is 0. The molecule has 0 spiro atoms. The first-order valence-corrected chi connectivity index (χ1v) is 6.97. The van der Waals surface area contributed by atoms with E-state index >= 15 is 0 Å². The van der Waals surface area contributed by atoms with Crippen molar-refractivity contribution >= 4 is 22.6 Å². The molecule has 13 heavy (non-hydrogen) atoms. The Labute approximate surface area is 95.0 Å². The molecule has 0 aromatic rings. The van der Waals surface area contributed by atoms with Gasteiger partial charge in [0.1, 0.15) is 0 Å². The summed E-state index contributed by atoms with van der Waals surface area (Å²) in [5, 5.41) is 0. The third-order valence-corrected chi connectivity index (χ3v) is 7.16. The highest BCUT2D eigenvalue weighted by Crippen LogP contribution is 2.63. The Hall–Kier alpha value is 0.730. The quantitative estimate of drug-likeness (QED) is 0.469. The lowest BCUT2D eigenvalue weighted by Crippen LogP contribution is -2.55. The average molecular weight is 290 g/mol. The van der Waals surface area contributed by atoms with E-state index in [9.17, 15) is 0 Å².